The third-order valence-electron chi connectivity index (χ3n) is 7.59. The minimum Gasteiger partial charge on any atom is -0.490 e. The number of hydrogen-bond donors (Lipinski definition) is 2. The Morgan fingerprint density at radius 3 is 2.64 bits per heavy atom. The largest absolute Gasteiger partial charge is 0.490 e. The van der Waals surface area contributed by atoms with Crippen LogP contribution in [0.3, 0.4) is 0 Å². The van der Waals surface area contributed by atoms with E-state index in [1.165, 1.54) is 6.07 Å². The molecule has 5 rings (SSSR count). The van der Waals surface area contributed by atoms with Crippen molar-refractivity contribution in [1.82, 2.24) is 15.0 Å². The number of unbranched alkanes of at least 4 members (excludes halogenated alkanes) is 2. The highest BCUT2D eigenvalue weighted by Crippen LogP contribution is 2.53. The highest BCUT2D eigenvalue weighted by Gasteiger charge is 2.48. The van der Waals surface area contributed by atoms with E-state index in [1.807, 2.05) is 37.4 Å². The summed E-state index contributed by atoms with van der Waals surface area (Å²) in [4.78, 5) is 16.1. The van der Waals surface area contributed by atoms with Crippen LogP contribution in [0.4, 0.5) is 0 Å². The SMILES string of the molecule is CCNC(=O)CCCCCNS(=O)(=O)c1ccc(Cl)c(COC2(c3cnccc3-c3ccccc3OC3CC3)CC2)c1. The number of nitrogens with one attached hydrogen (secondary N) is 2. The molecule has 8 nitrogen and oxygen atoms in total. The van der Waals surface area contributed by atoms with E-state index in [2.05, 4.69) is 21.1 Å². The fourth-order valence-corrected chi connectivity index (χ4v) is 6.26. The van der Waals surface area contributed by atoms with Gasteiger partial charge in [0.2, 0.25) is 15.9 Å². The van der Waals surface area contributed by atoms with Crippen LogP contribution in [0.5, 0.6) is 5.75 Å². The average molecular weight is 612 g/mol. The van der Waals surface area contributed by atoms with Crippen molar-refractivity contribution in [2.75, 3.05) is 13.1 Å². The van der Waals surface area contributed by atoms with Crippen LogP contribution in [0.1, 0.15) is 69.4 Å². The molecule has 42 heavy (non-hydrogen) atoms. The van der Waals surface area contributed by atoms with Crippen LogP contribution in [-0.2, 0) is 31.8 Å². The van der Waals surface area contributed by atoms with Gasteiger partial charge in [0.05, 0.1) is 23.2 Å². The molecule has 3 aromatic rings. The summed E-state index contributed by atoms with van der Waals surface area (Å²) in [6.45, 7) is 2.96. The molecule has 0 spiro atoms. The maximum atomic E-state index is 13.0. The summed E-state index contributed by atoms with van der Waals surface area (Å²) in [5.74, 6) is 0.882. The second-order valence-electron chi connectivity index (χ2n) is 10.9. The maximum Gasteiger partial charge on any atom is 0.240 e. The van der Waals surface area contributed by atoms with Crippen LogP contribution in [0.15, 0.2) is 65.8 Å². The highest BCUT2D eigenvalue weighted by molar-refractivity contribution is 7.89. The smallest absolute Gasteiger partial charge is 0.240 e. The van der Waals surface area contributed by atoms with Gasteiger partial charge in [0.1, 0.15) is 5.75 Å². The Labute approximate surface area is 253 Å². The summed E-state index contributed by atoms with van der Waals surface area (Å²) >= 11 is 6.50. The van der Waals surface area contributed by atoms with E-state index in [1.54, 1.807) is 18.3 Å². The number of hydrogen-bond acceptors (Lipinski definition) is 6. The first-order chi connectivity index (χ1) is 20.3. The molecule has 2 aliphatic carbocycles. The van der Waals surface area contributed by atoms with Crippen LogP contribution in [0.25, 0.3) is 11.1 Å². The van der Waals surface area contributed by atoms with Gasteiger partial charge in [-0.05, 0) is 86.9 Å². The topological polar surface area (TPSA) is 107 Å². The molecule has 0 unspecified atom stereocenters. The van der Waals surface area contributed by atoms with Crippen molar-refractivity contribution in [3.8, 4) is 16.9 Å². The fourth-order valence-electron chi connectivity index (χ4n) is 4.96. The zero-order chi connectivity index (χ0) is 29.6. The summed E-state index contributed by atoms with van der Waals surface area (Å²) < 4.78 is 41.3. The van der Waals surface area contributed by atoms with Crippen LogP contribution < -0.4 is 14.8 Å². The van der Waals surface area contributed by atoms with E-state index in [-0.39, 0.29) is 23.5 Å². The first kappa shape index (κ1) is 30.5. The van der Waals surface area contributed by atoms with Gasteiger partial charge in [-0.1, -0.05) is 36.2 Å². The van der Waals surface area contributed by atoms with Crippen LogP contribution >= 0.6 is 11.6 Å². The average Bonchev–Trinajstić information content (AvgIpc) is 3.92. The molecule has 2 aromatic carbocycles. The summed E-state index contributed by atoms with van der Waals surface area (Å²) in [7, 11) is -3.72. The predicted molar refractivity (Wildman–Crippen MR) is 163 cm³/mol. The van der Waals surface area contributed by atoms with Crippen molar-refractivity contribution < 1.29 is 22.7 Å². The highest BCUT2D eigenvalue weighted by atomic mass is 35.5. The number of carbonyl (C=O) groups excluding carboxylic acids is 1. The number of para-hydroxylation sites is 1. The molecular formula is C32H38ClN3O5S. The normalized spacial score (nSPS) is 15.8. The van der Waals surface area contributed by atoms with Gasteiger partial charge in [-0.3, -0.25) is 9.78 Å². The van der Waals surface area contributed by atoms with Gasteiger partial charge in [-0.15, -0.1) is 0 Å². The number of pyridine rings is 1. The molecule has 0 radical (unpaired) electrons. The summed E-state index contributed by atoms with van der Waals surface area (Å²) in [5.41, 5.74) is 3.11. The van der Waals surface area contributed by atoms with Gasteiger partial charge >= 0.3 is 0 Å². The molecule has 10 heteroatoms. The van der Waals surface area contributed by atoms with E-state index >= 15 is 0 Å². The first-order valence-corrected chi connectivity index (χ1v) is 16.6. The lowest BCUT2D eigenvalue weighted by Gasteiger charge is -2.22. The molecule has 224 valence electrons. The Hall–Kier alpha value is -2.98. The molecule has 1 aromatic heterocycles. The number of ether oxygens (including phenoxy) is 2. The van der Waals surface area contributed by atoms with Crippen molar-refractivity contribution in [1.29, 1.82) is 0 Å². The molecule has 0 atom stereocenters. The van der Waals surface area contributed by atoms with E-state index in [9.17, 15) is 13.2 Å². The Bertz CT molecular complexity index is 1510. The van der Waals surface area contributed by atoms with Crippen molar-refractivity contribution in [2.24, 2.45) is 0 Å². The molecule has 2 saturated carbocycles. The van der Waals surface area contributed by atoms with Gasteiger partial charge in [-0.2, -0.15) is 0 Å². The molecule has 1 amide bonds. The molecule has 2 aliphatic rings. The third-order valence-corrected chi connectivity index (χ3v) is 9.42. The van der Waals surface area contributed by atoms with Crippen molar-refractivity contribution >= 4 is 27.5 Å². The second kappa shape index (κ2) is 13.5. The van der Waals surface area contributed by atoms with E-state index in [0.717, 1.165) is 61.0 Å². The summed E-state index contributed by atoms with van der Waals surface area (Å²) in [6.07, 6.45) is 10.3. The molecule has 1 heterocycles. The number of sulfonamides is 1. The van der Waals surface area contributed by atoms with Crippen LogP contribution in [-0.4, -0.2) is 38.5 Å². The predicted octanol–water partition coefficient (Wildman–Crippen LogP) is 6.12. The lowest BCUT2D eigenvalue weighted by molar-refractivity contribution is -0.121. The lowest BCUT2D eigenvalue weighted by atomic mass is 9.96. The zero-order valence-corrected chi connectivity index (χ0v) is 25.5. The fraction of sp³-hybridized carbons (Fsp3) is 0.438. The molecule has 2 N–H and O–H groups in total. The second-order valence-corrected chi connectivity index (χ2v) is 13.1. The number of aromatic nitrogens is 1. The van der Waals surface area contributed by atoms with E-state index in [4.69, 9.17) is 21.1 Å². The first-order valence-electron chi connectivity index (χ1n) is 14.7. The van der Waals surface area contributed by atoms with Crippen LogP contribution in [0.2, 0.25) is 5.02 Å². The molecular weight excluding hydrogens is 574 g/mol. The molecule has 0 saturated heterocycles. The summed E-state index contributed by atoms with van der Waals surface area (Å²) in [5, 5.41) is 3.21. The third kappa shape index (κ3) is 7.69. The monoisotopic (exact) mass is 611 g/mol. The van der Waals surface area contributed by atoms with Crippen molar-refractivity contribution in [3.05, 3.63) is 77.1 Å². The van der Waals surface area contributed by atoms with Crippen molar-refractivity contribution in [3.63, 3.8) is 0 Å². The van der Waals surface area contributed by atoms with Gasteiger partial charge < -0.3 is 14.8 Å². The number of nitrogens with zero attached hydrogens (tertiary/aromatic N) is 1. The lowest BCUT2D eigenvalue weighted by Crippen LogP contribution is -2.25. The summed E-state index contributed by atoms with van der Waals surface area (Å²) in [6, 6.07) is 14.7. The quantitative estimate of drug-likeness (QED) is 0.189. The van der Waals surface area contributed by atoms with Gasteiger partial charge in [0.25, 0.3) is 0 Å². The van der Waals surface area contributed by atoms with Gasteiger partial charge in [-0.25, -0.2) is 13.1 Å². The maximum absolute atomic E-state index is 13.0. The van der Waals surface area contributed by atoms with Gasteiger partial charge in [0, 0.05) is 48.1 Å². The minimum atomic E-state index is -3.72. The Balaban J connectivity index is 1.23. The standard InChI is InChI=1S/C32H38ClN3O5S/c1-2-35-31(37)10-4-3-7-18-36-42(38,39)25-13-14-29(33)23(20-25)22-40-32(16-17-32)28-21-34-19-15-26(28)27-8-5-6-9-30(27)41-24-11-12-24/h5-6,8-9,13-15,19-21,24,36H,2-4,7,10-12,16-18,22H2,1H3,(H,35,37). The molecule has 2 fully saturated rings. The van der Waals surface area contributed by atoms with Crippen molar-refractivity contribution in [2.45, 2.75) is 81.5 Å². The molecule has 0 aliphatic heterocycles. The number of halogens is 1. The minimum absolute atomic E-state index is 0.0223. The zero-order valence-electron chi connectivity index (χ0n) is 23.9. The Morgan fingerprint density at radius 2 is 1.88 bits per heavy atom. The number of rotatable bonds is 16. The Morgan fingerprint density at radius 1 is 1.07 bits per heavy atom. The number of carbonyl (C=O) groups is 1. The van der Waals surface area contributed by atoms with Gasteiger partial charge in [0.15, 0.2) is 0 Å². The van der Waals surface area contributed by atoms with Crippen LogP contribution in [0, 0.1) is 0 Å². The number of benzene rings is 2. The van der Waals surface area contributed by atoms with E-state index in [0.29, 0.717) is 36.5 Å². The van der Waals surface area contributed by atoms with E-state index < -0.39 is 15.6 Å². The Kier molecular flexibility index (Phi) is 9.83. The number of amides is 1. The molecule has 0 bridgehead atoms.